The molecule has 1 atom stereocenters. The second-order valence-corrected chi connectivity index (χ2v) is 13.1. The number of fused-ring (bicyclic) bond motifs is 1. The van der Waals surface area contributed by atoms with Gasteiger partial charge >= 0.3 is 6.09 Å². The fourth-order valence-electron chi connectivity index (χ4n) is 5.33. The number of likely N-dealkylation sites (N-methyl/N-ethyl adjacent to an activating group) is 1. The highest BCUT2D eigenvalue weighted by Gasteiger charge is 2.26. The zero-order chi connectivity index (χ0) is 34.6. The van der Waals surface area contributed by atoms with Gasteiger partial charge in [-0.2, -0.15) is 4.68 Å². The summed E-state index contributed by atoms with van der Waals surface area (Å²) in [5.41, 5.74) is 1.75. The van der Waals surface area contributed by atoms with Crippen molar-refractivity contribution in [3.05, 3.63) is 84.5 Å². The molecule has 1 aromatic heterocycles. The van der Waals surface area contributed by atoms with E-state index in [0.29, 0.717) is 23.9 Å². The van der Waals surface area contributed by atoms with Gasteiger partial charge in [-0.3, -0.25) is 4.79 Å². The Balaban J connectivity index is 1.56. The molecular formula is C33H36F2N6O6S. The van der Waals surface area contributed by atoms with E-state index < -0.39 is 38.4 Å². The summed E-state index contributed by atoms with van der Waals surface area (Å²) in [5, 5.41) is 10.3. The fraction of sp³-hybridized carbons (Fsp3) is 0.303. The van der Waals surface area contributed by atoms with Crippen molar-refractivity contribution in [3.63, 3.8) is 0 Å². The molecule has 1 fully saturated rings. The number of benzene rings is 3. The Morgan fingerprint density at radius 1 is 1.02 bits per heavy atom. The first-order chi connectivity index (χ1) is 22.9. The summed E-state index contributed by atoms with van der Waals surface area (Å²) in [6.07, 6.45) is 0.798. The summed E-state index contributed by atoms with van der Waals surface area (Å²) in [6, 6.07) is 10.6. The van der Waals surface area contributed by atoms with Gasteiger partial charge in [0.25, 0.3) is 5.91 Å². The van der Waals surface area contributed by atoms with Gasteiger partial charge in [0.15, 0.2) is 5.82 Å². The molecule has 0 saturated carbocycles. The molecule has 1 saturated heterocycles. The van der Waals surface area contributed by atoms with Crippen LogP contribution in [-0.2, 0) is 19.3 Å². The number of piperazine rings is 1. The molecule has 0 radical (unpaired) electrons. The van der Waals surface area contributed by atoms with Gasteiger partial charge in [-0.05, 0) is 62.5 Å². The zero-order valence-electron chi connectivity index (χ0n) is 26.7. The topological polar surface area (TPSA) is 135 Å². The summed E-state index contributed by atoms with van der Waals surface area (Å²) in [6.45, 7) is 9.14. The minimum absolute atomic E-state index is 0.0279. The Bertz CT molecular complexity index is 1940. The maximum atomic E-state index is 13.9. The first-order valence-electron chi connectivity index (χ1n) is 15.1. The predicted octanol–water partition coefficient (Wildman–Crippen LogP) is 4.77. The number of methoxy groups -OCH3 is 1. The van der Waals surface area contributed by atoms with Crippen LogP contribution in [0.2, 0.25) is 0 Å². The average Bonchev–Trinajstić information content (AvgIpc) is 3.42. The number of hydrogen-bond acceptors (Lipinski definition) is 10. The monoisotopic (exact) mass is 682 g/mol. The number of carbonyl (C=O) groups excluding carboxylic acids is 2. The number of nitrogens with one attached hydrogen (secondary N) is 2. The van der Waals surface area contributed by atoms with Gasteiger partial charge in [-0.25, -0.2) is 22.0 Å². The SMILES string of the molecule is C=C[C@@H](COC)Nc1cc(N2CCN(C)CC2)ccc1C(=O)Nc1nn(C(=O)OCC)c2ccc(S(=O)(=O)c3cc(F)cc(F)c3)cc12. The molecule has 0 spiro atoms. The van der Waals surface area contributed by atoms with E-state index >= 15 is 0 Å². The Kier molecular flexibility index (Phi) is 10.4. The predicted molar refractivity (Wildman–Crippen MR) is 178 cm³/mol. The third-order valence-corrected chi connectivity index (χ3v) is 9.60. The van der Waals surface area contributed by atoms with Crippen LogP contribution in [0, 0.1) is 11.6 Å². The van der Waals surface area contributed by atoms with Gasteiger partial charge in [0.2, 0.25) is 9.84 Å². The molecule has 1 aliphatic heterocycles. The minimum Gasteiger partial charge on any atom is -0.448 e. The van der Waals surface area contributed by atoms with E-state index in [9.17, 15) is 26.8 Å². The maximum Gasteiger partial charge on any atom is 0.435 e. The first kappa shape index (κ1) is 34.5. The van der Waals surface area contributed by atoms with Crippen LogP contribution in [0.15, 0.2) is 77.0 Å². The van der Waals surface area contributed by atoms with Gasteiger partial charge in [-0.1, -0.05) is 6.08 Å². The second kappa shape index (κ2) is 14.5. The van der Waals surface area contributed by atoms with Crippen LogP contribution in [0.4, 0.5) is 30.8 Å². The summed E-state index contributed by atoms with van der Waals surface area (Å²) in [7, 11) is -0.815. The summed E-state index contributed by atoms with van der Waals surface area (Å²) in [4.78, 5) is 30.2. The van der Waals surface area contributed by atoms with Gasteiger partial charge in [0, 0.05) is 56.1 Å². The number of aromatic nitrogens is 2. The number of hydrogen-bond donors (Lipinski definition) is 2. The number of anilines is 3. The van der Waals surface area contributed by atoms with Crippen LogP contribution in [0.5, 0.6) is 0 Å². The Hall–Kier alpha value is -4.86. The molecule has 0 bridgehead atoms. The van der Waals surface area contributed by atoms with Crippen LogP contribution >= 0.6 is 0 Å². The quantitative estimate of drug-likeness (QED) is 0.213. The van der Waals surface area contributed by atoms with Crippen molar-refractivity contribution in [1.82, 2.24) is 14.7 Å². The van der Waals surface area contributed by atoms with Crippen molar-refractivity contribution in [2.24, 2.45) is 0 Å². The zero-order valence-corrected chi connectivity index (χ0v) is 27.5. The van der Waals surface area contributed by atoms with Crippen LogP contribution in [0.1, 0.15) is 17.3 Å². The number of sulfone groups is 1. The van der Waals surface area contributed by atoms with Crippen molar-refractivity contribution in [2.45, 2.75) is 22.8 Å². The fourth-order valence-corrected chi connectivity index (χ4v) is 6.66. The van der Waals surface area contributed by atoms with E-state index in [0.717, 1.165) is 36.5 Å². The first-order valence-corrected chi connectivity index (χ1v) is 16.6. The van der Waals surface area contributed by atoms with E-state index in [1.165, 1.54) is 18.2 Å². The number of ether oxygens (including phenoxy) is 2. The van der Waals surface area contributed by atoms with E-state index in [1.54, 1.807) is 26.2 Å². The molecule has 3 aromatic carbocycles. The Morgan fingerprint density at radius 2 is 1.73 bits per heavy atom. The van der Waals surface area contributed by atoms with E-state index in [-0.39, 0.29) is 46.4 Å². The van der Waals surface area contributed by atoms with Gasteiger partial charge in [-0.15, -0.1) is 11.7 Å². The molecule has 12 nitrogen and oxygen atoms in total. The number of nitrogens with zero attached hydrogens (tertiary/aromatic N) is 4. The van der Waals surface area contributed by atoms with Crippen molar-refractivity contribution in [2.75, 3.05) is 69.1 Å². The van der Waals surface area contributed by atoms with Gasteiger partial charge in [0.1, 0.15) is 11.6 Å². The van der Waals surface area contributed by atoms with Crippen LogP contribution in [0.3, 0.4) is 0 Å². The van der Waals surface area contributed by atoms with E-state index in [1.807, 2.05) is 12.1 Å². The van der Waals surface area contributed by atoms with Crippen molar-refractivity contribution in [1.29, 1.82) is 0 Å². The number of rotatable bonds is 11. The van der Waals surface area contributed by atoms with Gasteiger partial charge < -0.3 is 29.9 Å². The maximum absolute atomic E-state index is 13.9. The molecule has 1 amide bonds. The highest BCUT2D eigenvalue weighted by atomic mass is 32.2. The number of halogens is 2. The molecule has 15 heteroatoms. The van der Waals surface area contributed by atoms with E-state index in [4.69, 9.17) is 9.47 Å². The highest BCUT2D eigenvalue weighted by Crippen LogP contribution is 2.32. The lowest BCUT2D eigenvalue weighted by Gasteiger charge is -2.34. The number of amides is 1. The lowest BCUT2D eigenvalue weighted by Crippen LogP contribution is -2.44. The molecule has 5 rings (SSSR count). The second-order valence-electron chi connectivity index (χ2n) is 11.2. The lowest BCUT2D eigenvalue weighted by atomic mass is 10.1. The highest BCUT2D eigenvalue weighted by molar-refractivity contribution is 7.91. The van der Waals surface area contributed by atoms with Crippen molar-refractivity contribution >= 4 is 49.9 Å². The molecule has 2 N–H and O–H groups in total. The minimum atomic E-state index is -4.43. The largest absolute Gasteiger partial charge is 0.448 e. The lowest BCUT2D eigenvalue weighted by molar-refractivity contribution is 0.102. The smallest absolute Gasteiger partial charge is 0.435 e. The Labute approximate surface area is 276 Å². The molecular weight excluding hydrogens is 646 g/mol. The van der Waals surface area contributed by atoms with Crippen LogP contribution in [-0.4, -0.2) is 94.7 Å². The van der Waals surface area contributed by atoms with Crippen LogP contribution < -0.4 is 15.5 Å². The van der Waals surface area contributed by atoms with Crippen LogP contribution in [0.25, 0.3) is 10.9 Å². The summed E-state index contributed by atoms with van der Waals surface area (Å²) < 4.78 is 66.0. The summed E-state index contributed by atoms with van der Waals surface area (Å²) >= 11 is 0. The third-order valence-electron chi connectivity index (χ3n) is 7.87. The normalized spacial score (nSPS) is 14.5. The van der Waals surface area contributed by atoms with Crippen molar-refractivity contribution < 1.29 is 36.3 Å². The molecule has 0 aliphatic carbocycles. The molecule has 2 heterocycles. The molecule has 4 aromatic rings. The number of carbonyl (C=O) groups is 2. The molecule has 0 unspecified atom stereocenters. The average molecular weight is 683 g/mol. The third kappa shape index (κ3) is 7.32. The molecule has 1 aliphatic rings. The molecule has 254 valence electrons. The van der Waals surface area contributed by atoms with E-state index in [2.05, 4.69) is 39.2 Å². The standard InChI is InChI=1S/C33H36F2N6O6S/c1-5-23(20-46-4)36-29-18-24(40-13-11-39(3)12-14-40)7-9-27(29)32(42)37-31-28-19-25(8-10-30(28)41(38-31)33(43)47-6-2)48(44,45)26-16-21(34)15-22(35)17-26/h5,7-10,15-19,23,36H,1,6,11-14,20H2,2-4H3,(H,37,38,42)/t23-/m0/s1. The van der Waals surface area contributed by atoms with Crippen molar-refractivity contribution in [3.8, 4) is 0 Å². The van der Waals surface area contributed by atoms with Gasteiger partial charge in [0.05, 0.1) is 40.1 Å². The summed E-state index contributed by atoms with van der Waals surface area (Å²) in [5.74, 6) is -2.88. The molecule has 48 heavy (non-hydrogen) atoms. The Morgan fingerprint density at radius 3 is 2.38 bits per heavy atom.